The molecule has 0 bridgehead atoms. The third-order valence-electron chi connectivity index (χ3n) is 4.91. The number of Topliss-reactive ketones (excluding diaryl/α,β-unsaturated/α-hetero) is 1. The number of para-hydroxylation sites is 2. The van der Waals surface area contributed by atoms with Gasteiger partial charge in [-0.1, -0.05) is 37.3 Å². The minimum atomic E-state index is 0.101. The van der Waals surface area contributed by atoms with Crippen LogP contribution >= 0.6 is 11.8 Å². The van der Waals surface area contributed by atoms with Gasteiger partial charge in [-0.15, -0.1) is 0 Å². The van der Waals surface area contributed by atoms with E-state index in [9.17, 15) is 4.79 Å². The van der Waals surface area contributed by atoms with E-state index in [0.717, 1.165) is 51.3 Å². The van der Waals surface area contributed by atoms with E-state index in [1.54, 1.807) is 18.0 Å². The van der Waals surface area contributed by atoms with Crippen molar-refractivity contribution in [3.63, 3.8) is 0 Å². The molecule has 0 aliphatic carbocycles. The van der Waals surface area contributed by atoms with Crippen LogP contribution in [0.15, 0.2) is 42.6 Å². The topological polar surface area (TPSA) is 51.2 Å². The molecule has 0 unspecified atom stereocenters. The summed E-state index contributed by atoms with van der Waals surface area (Å²) in [7, 11) is 0. The maximum Gasteiger partial charge on any atom is 0.166 e. The van der Waals surface area contributed by atoms with Crippen LogP contribution in [-0.2, 0) is 0 Å². The van der Waals surface area contributed by atoms with E-state index in [4.69, 9.17) is 4.74 Å². The molecule has 0 aliphatic heterocycles. The summed E-state index contributed by atoms with van der Waals surface area (Å²) < 4.78 is 5.96. The molecule has 0 fully saturated rings. The van der Waals surface area contributed by atoms with Crippen molar-refractivity contribution in [2.45, 2.75) is 33.6 Å². The summed E-state index contributed by atoms with van der Waals surface area (Å²) in [5.41, 5.74) is 5.51. The number of rotatable bonds is 9. The zero-order valence-electron chi connectivity index (χ0n) is 17.5. The Morgan fingerprint density at radius 1 is 1.10 bits per heavy atom. The number of fused-ring (bicyclic) bond motifs is 1. The van der Waals surface area contributed by atoms with Crippen LogP contribution < -0.4 is 10.1 Å². The number of carbonyl (C=O) groups is 1. The van der Waals surface area contributed by atoms with E-state index in [0.29, 0.717) is 18.6 Å². The second-order valence-electron chi connectivity index (χ2n) is 7.11. The summed E-state index contributed by atoms with van der Waals surface area (Å²) in [4.78, 5) is 17.5. The quantitative estimate of drug-likeness (QED) is 0.332. The smallest absolute Gasteiger partial charge is 0.166 e. The maximum absolute atomic E-state index is 12.9. The van der Waals surface area contributed by atoms with E-state index in [1.165, 1.54) is 0 Å². The SMILES string of the molecule is CCCC(=O)c1cnc2c(OCCSC)cccc2c1Nc1c(C)cccc1C. The first-order chi connectivity index (χ1) is 14.1. The molecule has 0 radical (unpaired) electrons. The van der Waals surface area contributed by atoms with Gasteiger partial charge in [0.1, 0.15) is 11.3 Å². The Hall–Kier alpha value is -2.53. The van der Waals surface area contributed by atoms with Crippen molar-refractivity contribution in [1.29, 1.82) is 0 Å². The number of carbonyl (C=O) groups excluding carboxylic acids is 1. The monoisotopic (exact) mass is 408 g/mol. The number of aryl methyl sites for hydroxylation is 2. The number of ketones is 1. The summed E-state index contributed by atoms with van der Waals surface area (Å²) in [5, 5.41) is 4.46. The lowest BCUT2D eigenvalue weighted by atomic mass is 10.0. The summed E-state index contributed by atoms with van der Waals surface area (Å²) in [6.07, 6.45) is 5.05. The molecule has 29 heavy (non-hydrogen) atoms. The Labute approximate surface area is 177 Å². The number of anilines is 2. The summed E-state index contributed by atoms with van der Waals surface area (Å²) in [6.45, 7) is 6.78. The molecule has 4 nitrogen and oxygen atoms in total. The lowest BCUT2D eigenvalue weighted by Gasteiger charge is -2.18. The van der Waals surface area contributed by atoms with Gasteiger partial charge in [-0.3, -0.25) is 9.78 Å². The van der Waals surface area contributed by atoms with Crippen molar-refractivity contribution in [3.8, 4) is 5.75 Å². The molecule has 0 saturated carbocycles. The molecule has 0 spiro atoms. The number of pyridine rings is 1. The van der Waals surface area contributed by atoms with Crippen LogP contribution in [0.2, 0.25) is 0 Å². The van der Waals surface area contributed by atoms with Gasteiger partial charge in [-0.25, -0.2) is 0 Å². The van der Waals surface area contributed by atoms with Crippen molar-refractivity contribution in [2.75, 3.05) is 23.9 Å². The molecule has 5 heteroatoms. The van der Waals surface area contributed by atoms with Gasteiger partial charge in [-0.05, 0) is 43.7 Å². The molecule has 3 rings (SSSR count). The first kappa shape index (κ1) is 21.2. The fraction of sp³-hybridized carbons (Fsp3) is 0.333. The highest BCUT2D eigenvalue weighted by Crippen LogP contribution is 2.35. The molecule has 2 aromatic carbocycles. The van der Waals surface area contributed by atoms with Gasteiger partial charge in [0.05, 0.1) is 17.9 Å². The highest BCUT2D eigenvalue weighted by atomic mass is 32.2. The van der Waals surface area contributed by atoms with Crippen molar-refractivity contribution < 1.29 is 9.53 Å². The third kappa shape index (κ3) is 4.73. The number of hydrogen-bond donors (Lipinski definition) is 1. The lowest BCUT2D eigenvalue weighted by molar-refractivity contribution is 0.0982. The minimum Gasteiger partial charge on any atom is -0.490 e. The first-order valence-electron chi connectivity index (χ1n) is 9.96. The van der Waals surface area contributed by atoms with E-state index in [2.05, 4.69) is 42.5 Å². The van der Waals surface area contributed by atoms with Crippen molar-refractivity contribution in [3.05, 3.63) is 59.3 Å². The highest BCUT2D eigenvalue weighted by molar-refractivity contribution is 7.98. The first-order valence-corrected chi connectivity index (χ1v) is 11.4. The average molecular weight is 409 g/mol. The van der Waals surface area contributed by atoms with Crippen LogP contribution in [0.5, 0.6) is 5.75 Å². The molecule has 0 atom stereocenters. The molecule has 0 aliphatic rings. The van der Waals surface area contributed by atoms with Gasteiger partial charge in [0.25, 0.3) is 0 Å². The van der Waals surface area contributed by atoms with E-state index < -0.39 is 0 Å². The summed E-state index contributed by atoms with van der Waals surface area (Å²) >= 11 is 1.74. The Balaban J connectivity index is 2.15. The fourth-order valence-electron chi connectivity index (χ4n) is 3.39. The van der Waals surface area contributed by atoms with Gasteiger partial charge < -0.3 is 10.1 Å². The Morgan fingerprint density at radius 2 is 1.83 bits per heavy atom. The van der Waals surface area contributed by atoms with E-state index >= 15 is 0 Å². The van der Waals surface area contributed by atoms with Gasteiger partial charge in [-0.2, -0.15) is 11.8 Å². The Morgan fingerprint density at radius 3 is 2.52 bits per heavy atom. The molecular formula is C24H28N2O2S. The number of nitrogens with zero attached hydrogens (tertiary/aromatic N) is 1. The van der Waals surface area contributed by atoms with Crippen molar-refractivity contribution >= 4 is 39.8 Å². The van der Waals surface area contributed by atoms with Gasteiger partial charge >= 0.3 is 0 Å². The van der Waals surface area contributed by atoms with Crippen LogP contribution in [0, 0.1) is 13.8 Å². The second-order valence-corrected chi connectivity index (χ2v) is 8.09. The largest absolute Gasteiger partial charge is 0.490 e. The molecule has 152 valence electrons. The van der Waals surface area contributed by atoms with Crippen LogP contribution in [0.1, 0.15) is 41.3 Å². The van der Waals surface area contributed by atoms with E-state index in [1.807, 2.05) is 31.2 Å². The zero-order chi connectivity index (χ0) is 20.8. The van der Waals surface area contributed by atoms with Crippen molar-refractivity contribution in [2.24, 2.45) is 0 Å². The highest BCUT2D eigenvalue weighted by Gasteiger charge is 2.18. The van der Waals surface area contributed by atoms with Crippen LogP contribution in [0.25, 0.3) is 10.9 Å². The molecule has 1 heterocycles. The number of benzene rings is 2. The normalized spacial score (nSPS) is 10.9. The standard InChI is InChI=1S/C24H28N2O2S/c1-5-8-20(27)19-15-25-24-18(11-7-12-21(24)28-13-14-29-4)23(19)26-22-16(2)9-6-10-17(22)3/h6-7,9-12,15H,5,8,13-14H2,1-4H3,(H,25,26). The maximum atomic E-state index is 12.9. The summed E-state index contributed by atoms with van der Waals surface area (Å²) in [5.74, 6) is 1.76. The number of nitrogens with one attached hydrogen (secondary N) is 1. The average Bonchev–Trinajstić information content (AvgIpc) is 2.71. The number of thioether (sulfide) groups is 1. The van der Waals surface area contributed by atoms with Gasteiger partial charge in [0.15, 0.2) is 5.78 Å². The predicted octanol–water partition coefficient (Wildman–Crippen LogP) is 6.32. The molecule has 3 aromatic rings. The lowest BCUT2D eigenvalue weighted by Crippen LogP contribution is -2.08. The summed E-state index contributed by atoms with van der Waals surface area (Å²) in [6, 6.07) is 12.1. The molecule has 0 saturated heterocycles. The zero-order valence-corrected chi connectivity index (χ0v) is 18.4. The number of hydrogen-bond acceptors (Lipinski definition) is 5. The van der Waals surface area contributed by atoms with Gasteiger partial charge in [0.2, 0.25) is 0 Å². The molecule has 0 amide bonds. The Kier molecular flexibility index (Phi) is 7.15. The van der Waals surface area contributed by atoms with Crippen LogP contribution in [0.4, 0.5) is 11.4 Å². The fourth-order valence-corrected chi connectivity index (χ4v) is 3.64. The van der Waals surface area contributed by atoms with Crippen LogP contribution in [0.3, 0.4) is 0 Å². The van der Waals surface area contributed by atoms with E-state index in [-0.39, 0.29) is 5.78 Å². The Bertz CT molecular complexity index is 997. The minimum absolute atomic E-state index is 0.101. The van der Waals surface area contributed by atoms with Crippen molar-refractivity contribution in [1.82, 2.24) is 4.98 Å². The second kappa shape index (κ2) is 9.79. The number of aromatic nitrogens is 1. The molecular weight excluding hydrogens is 380 g/mol. The number of ether oxygens (including phenoxy) is 1. The third-order valence-corrected chi connectivity index (χ3v) is 5.49. The van der Waals surface area contributed by atoms with Gasteiger partial charge in [0, 0.05) is 29.4 Å². The predicted molar refractivity (Wildman–Crippen MR) is 124 cm³/mol. The molecule has 1 aromatic heterocycles. The molecule has 1 N–H and O–H groups in total. The van der Waals surface area contributed by atoms with Crippen LogP contribution in [-0.4, -0.2) is 29.4 Å².